The average Bonchev–Trinajstić information content (AvgIpc) is 3.14. The van der Waals surface area contributed by atoms with Crippen LogP contribution in [0.4, 0.5) is 18.9 Å². The van der Waals surface area contributed by atoms with E-state index in [0.717, 1.165) is 33.6 Å². The molecule has 1 atom stereocenters. The molecule has 3 aromatic carbocycles. The molecule has 1 heterocycles. The summed E-state index contributed by atoms with van der Waals surface area (Å²) in [6, 6.07) is 25.1. The summed E-state index contributed by atoms with van der Waals surface area (Å²) in [7, 11) is 0. The Morgan fingerprint density at radius 3 is 1.96 bits per heavy atom. The number of para-hydroxylation sites is 1. The van der Waals surface area contributed by atoms with Crippen molar-refractivity contribution >= 4 is 25.3 Å². The molecule has 0 aromatic heterocycles. The summed E-state index contributed by atoms with van der Waals surface area (Å²) in [6.45, 7) is 0. The molecule has 136 valence electrons. The van der Waals surface area contributed by atoms with Gasteiger partial charge in [-0.15, -0.1) is 0 Å². The van der Waals surface area contributed by atoms with Gasteiger partial charge in [0.2, 0.25) is 0 Å². The Morgan fingerprint density at radius 1 is 0.778 bits per heavy atom. The first-order valence-corrected chi connectivity index (χ1v) is 10.2. The van der Waals surface area contributed by atoms with E-state index in [1.54, 1.807) is 12.1 Å². The normalized spacial score (nSPS) is 17.1. The third-order valence-corrected chi connectivity index (χ3v) is 6.80. The van der Waals surface area contributed by atoms with Crippen LogP contribution in [0.3, 0.4) is 0 Å². The van der Waals surface area contributed by atoms with E-state index in [-0.39, 0.29) is 19.9 Å². The van der Waals surface area contributed by atoms with Gasteiger partial charge in [0.1, 0.15) is 0 Å². The first-order valence-electron chi connectivity index (χ1n) is 8.34. The van der Waals surface area contributed by atoms with E-state index >= 15 is 0 Å². The van der Waals surface area contributed by atoms with Gasteiger partial charge in [-0.25, -0.2) is 0 Å². The third kappa shape index (κ3) is 3.77. The first-order chi connectivity index (χ1) is 13.0. The summed E-state index contributed by atoms with van der Waals surface area (Å²) in [5.74, 6) is 0. The van der Waals surface area contributed by atoms with E-state index in [9.17, 15) is 13.2 Å². The molecule has 2 nitrogen and oxygen atoms in total. The summed E-state index contributed by atoms with van der Waals surface area (Å²) >= 11 is -0.0447. The van der Waals surface area contributed by atoms with E-state index in [1.165, 1.54) is 0 Å². The zero-order valence-corrected chi connectivity index (χ0v) is 15.8. The number of nitrogens with zero attached hydrogens (tertiary/aromatic N) is 2. The van der Waals surface area contributed by atoms with Crippen LogP contribution in [0.2, 0.25) is 0 Å². The number of anilines is 1. The summed E-state index contributed by atoms with van der Waals surface area (Å²) in [4.78, 5) is -0.0858. The van der Waals surface area contributed by atoms with Gasteiger partial charge in [-0.1, -0.05) is 0 Å². The molecule has 0 saturated heterocycles. The second kappa shape index (κ2) is 7.22. The standard InChI is InChI=1S/C21H15F3N2Se/c22-21(23,24)17-13-11-16(12-14-17)20-26(18-9-5-2-6-10-18)25-19(27-20)15-7-3-1-4-8-15/h1-14,20H. The van der Waals surface area contributed by atoms with Crippen LogP contribution in [0.25, 0.3) is 0 Å². The molecule has 0 fully saturated rings. The molecule has 3 aromatic rings. The van der Waals surface area contributed by atoms with Crippen molar-refractivity contribution in [3.8, 4) is 0 Å². The van der Waals surface area contributed by atoms with E-state index in [0.29, 0.717) is 0 Å². The number of alkyl halides is 3. The van der Waals surface area contributed by atoms with Crippen LogP contribution in [0, 0.1) is 0 Å². The predicted octanol–water partition coefficient (Wildman–Crippen LogP) is 5.29. The molecule has 0 bridgehead atoms. The van der Waals surface area contributed by atoms with Crippen LogP contribution in [0.1, 0.15) is 21.6 Å². The van der Waals surface area contributed by atoms with Gasteiger partial charge in [0.05, 0.1) is 0 Å². The Morgan fingerprint density at radius 2 is 1.37 bits per heavy atom. The van der Waals surface area contributed by atoms with Crippen molar-refractivity contribution < 1.29 is 13.2 Å². The van der Waals surface area contributed by atoms with Crippen LogP contribution < -0.4 is 5.01 Å². The van der Waals surface area contributed by atoms with Crippen molar-refractivity contribution in [2.24, 2.45) is 5.10 Å². The van der Waals surface area contributed by atoms with Crippen molar-refractivity contribution in [2.45, 2.75) is 11.1 Å². The maximum absolute atomic E-state index is 12.9. The molecule has 1 unspecified atom stereocenters. The van der Waals surface area contributed by atoms with E-state index < -0.39 is 11.7 Å². The molecule has 0 aliphatic carbocycles. The number of hydrogen-bond donors (Lipinski definition) is 0. The van der Waals surface area contributed by atoms with E-state index in [2.05, 4.69) is 0 Å². The van der Waals surface area contributed by atoms with E-state index in [4.69, 9.17) is 5.10 Å². The minimum absolute atomic E-state index is 0.0447. The molecule has 0 N–H and O–H groups in total. The Bertz CT molecular complexity index is 939. The summed E-state index contributed by atoms with van der Waals surface area (Å²) in [5.41, 5.74) is 2.18. The topological polar surface area (TPSA) is 15.6 Å². The Kier molecular flexibility index (Phi) is 4.77. The van der Waals surface area contributed by atoms with Gasteiger partial charge in [0.15, 0.2) is 0 Å². The summed E-state index contributed by atoms with van der Waals surface area (Å²) in [6.07, 6.45) is -4.33. The van der Waals surface area contributed by atoms with Crippen molar-refractivity contribution in [3.05, 3.63) is 102 Å². The van der Waals surface area contributed by atoms with Crippen molar-refractivity contribution in [1.29, 1.82) is 0 Å². The Labute approximate surface area is 161 Å². The van der Waals surface area contributed by atoms with E-state index in [1.807, 2.05) is 65.7 Å². The molecule has 6 heteroatoms. The molecule has 0 saturated carbocycles. The fourth-order valence-corrected chi connectivity index (χ4v) is 5.33. The van der Waals surface area contributed by atoms with Crippen molar-refractivity contribution in [1.82, 2.24) is 0 Å². The van der Waals surface area contributed by atoms with Gasteiger partial charge < -0.3 is 0 Å². The second-order valence-corrected chi connectivity index (χ2v) is 8.28. The van der Waals surface area contributed by atoms with Crippen LogP contribution in [0.5, 0.6) is 0 Å². The minimum atomic E-state index is -4.33. The maximum atomic E-state index is 12.9. The van der Waals surface area contributed by atoms with Crippen LogP contribution in [-0.2, 0) is 6.18 Å². The zero-order valence-electron chi connectivity index (χ0n) is 14.1. The Hall–Kier alpha value is -2.56. The summed E-state index contributed by atoms with van der Waals surface area (Å²) < 4.78 is 39.7. The molecule has 1 aliphatic heterocycles. The molecular weight excluding hydrogens is 416 g/mol. The quantitative estimate of drug-likeness (QED) is 0.515. The van der Waals surface area contributed by atoms with Gasteiger partial charge >= 0.3 is 161 Å². The molecular formula is C21H15F3N2Se. The number of hydrogen-bond acceptors (Lipinski definition) is 2. The van der Waals surface area contributed by atoms with Crippen LogP contribution in [-0.4, -0.2) is 19.6 Å². The van der Waals surface area contributed by atoms with Crippen molar-refractivity contribution in [3.63, 3.8) is 0 Å². The molecule has 0 amide bonds. The molecule has 0 spiro atoms. The number of halogens is 3. The monoisotopic (exact) mass is 432 g/mol. The van der Waals surface area contributed by atoms with Gasteiger partial charge in [-0.3, -0.25) is 0 Å². The van der Waals surface area contributed by atoms with Gasteiger partial charge in [0, 0.05) is 0 Å². The fourth-order valence-electron chi connectivity index (χ4n) is 2.86. The van der Waals surface area contributed by atoms with Gasteiger partial charge in [0.25, 0.3) is 0 Å². The number of benzene rings is 3. The average molecular weight is 431 g/mol. The zero-order chi connectivity index (χ0) is 18.9. The molecule has 1 aliphatic rings. The fraction of sp³-hybridized carbons (Fsp3) is 0.0952. The van der Waals surface area contributed by atoms with Gasteiger partial charge in [-0.05, 0) is 0 Å². The third-order valence-electron chi connectivity index (χ3n) is 4.21. The predicted molar refractivity (Wildman–Crippen MR) is 102 cm³/mol. The number of hydrazone groups is 1. The van der Waals surface area contributed by atoms with Crippen molar-refractivity contribution in [2.75, 3.05) is 5.01 Å². The summed E-state index contributed by atoms with van der Waals surface area (Å²) in [5, 5.41) is 6.73. The molecule has 27 heavy (non-hydrogen) atoms. The Balaban J connectivity index is 1.71. The van der Waals surface area contributed by atoms with Gasteiger partial charge in [-0.2, -0.15) is 0 Å². The first kappa shape index (κ1) is 17.8. The number of rotatable bonds is 3. The SMILES string of the molecule is FC(F)(F)c1ccc(C2[Se]C(c3ccccc3)=NN2c2ccccc2)cc1. The second-order valence-electron chi connectivity index (χ2n) is 6.04. The van der Waals surface area contributed by atoms with Crippen LogP contribution >= 0.6 is 0 Å². The molecule has 4 rings (SSSR count). The van der Waals surface area contributed by atoms with Crippen LogP contribution in [0.15, 0.2) is 90.0 Å². The molecule has 0 radical (unpaired) electrons.